The number of ether oxygens (including phenoxy) is 1. The molecule has 0 atom stereocenters. The lowest BCUT2D eigenvalue weighted by Gasteiger charge is -2.25. The monoisotopic (exact) mass is 471 g/mol. The standard InChI is InChI=1S/C24H23ClFN3O2S/c1-14-5-10-18-17(21(14)25)11-19(27-18)20-13-32-22(28-20)29(23(30)31-24(2,3)4)12-15-6-8-16(26)9-7-15/h5-11,13,27H,12H2,1-4H3. The molecule has 0 saturated heterocycles. The minimum absolute atomic E-state index is 0.208. The van der Waals surface area contributed by atoms with Gasteiger partial charge in [0.25, 0.3) is 0 Å². The minimum Gasteiger partial charge on any atom is -0.443 e. The van der Waals surface area contributed by atoms with Gasteiger partial charge in [-0.05, 0) is 63.1 Å². The summed E-state index contributed by atoms with van der Waals surface area (Å²) in [5.41, 5.74) is 3.52. The molecule has 0 bridgehead atoms. The number of anilines is 1. The van der Waals surface area contributed by atoms with E-state index in [0.717, 1.165) is 27.7 Å². The summed E-state index contributed by atoms with van der Waals surface area (Å²) < 4.78 is 18.9. The molecule has 5 nitrogen and oxygen atoms in total. The van der Waals surface area contributed by atoms with E-state index in [9.17, 15) is 9.18 Å². The Morgan fingerprint density at radius 2 is 1.94 bits per heavy atom. The molecule has 0 saturated carbocycles. The van der Waals surface area contributed by atoms with Crippen molar-refractivity contribution < 1.29 is 13.9 Å². The molecule has 0 radical (unpaired) electrons. The summed E-state index contributed by atoms with van der Waals surface area (Å²) in [6.07, 6.45) is -0.516. The topological polar surface area (TPSA) is 58.2 Å². The van der Waals surface area contributed by atoms with Crippen LogP contribution in [-0.2, 0) is 11.3 Å². The third-order valence-electron chi connectivity index (χ3n) is 4.80. The number of aromatic amines is 1. The van der Waals surface area contributed by atoms with Crippen molar-refractivity contribution in [1.29, 1.82) is 0 Å². The lowest BCUT2D eigenvalue weighted by atomic mass is 10.2. The zero-order valence-electron chi connectivity index (χ0n) is 18.2. The number of aryl methyl sites for hydroxylation is 1. The molecule has 166 valence electrons. The number of hydrogen-bond acceptors (Lipinski definition) is 4. The highest BCUT2D eigenvalue weighted by molar-refractivity contribution is 7.14. The summed E-state index contributed by atoms with van der Waals surface area (Å²) >= 11 is 7.79. The molecule has 0 aliphatic heterocycles. The summed E-state index contributed by atoms with van der Waals surface area (Å²) in [5, 5.41) is 3.99. The van der Waals surface area contributed by atoms with Crippen LogP contribution in [-0.4, -0.2) is 21.7 Å². The maximum atomic E-state index is 13.3. The third-order valence-corrected chi connectivity index (χ3v) is 6.16. The molecule has 0 spiro atoms. The Labute approximate surface area is 194 Å². The first kappa shape index (κ1) is 22.3. The SMILES string of the molecule is Cc1ccc2[nH]c(-c3csc(N(Cc4ccc(F)cc4)C(=O)OC(C)(C)C)n3)cc2c1Cl. The van der Waals surface area contributed by atoms with Gasteiger partial charge in [0.05, 0.1) is 23.0 Å². The molecule has 0 aliphatic carbocycles. The second-order valence-electron chi connectivity index (χ2n) is 8.55. The highest BCUT2D eigenvalue weighted by atomic mass is 35.5. The number of aromatic nitrogens is 2. The van der Waals surface area contributed by atoms with Gasteiger partial charge < -0.3 is 9.72 Å². The molecule has 4 aromatic rings. The number of halogens is 2. The molecule has 1 amide bonds. The molecule has 32 heavy (non-hydrogen) atoms. The highest BCUT2D eigenvalue weighted by Crippen LogP contribution is 2.34. The molecule has 2 heterocycles. The Morgan fingerprint density at radius 3 is 2.62 bits per heavy atom. The van der Waals surface area contributed by atoms with Crippen LogP contribution in [0.4, 0.5) is 14.3 Å². The quantitative estimate of drug-likeness (QED) is 0.339. The predicted molar refractivity (Wildman–Crippen MR) is 128 cm³/mol. The number of benzene rings is 2. The Bertz CT molecular complexity index is 1270. The van der Waals surface area contributed by atoms with Crippen molar-refractivity contribution in [2.75, 3.05) is 4.90 Å². The molecule has 2 aromatic carbocycles. The van der Waals surface area contributed by atoms with Gasteiger partial charge in [-0.25, -0.2) is 19.1 Å². The summed E-state index contributed by atoms with van der Waals surface area (Å²) in [7, 11) is 0. The van der Waals surface area contributed by atoms with Crippen LogP contribution in [0, 0.1) is 12.7 Å². The van der Waals surface area contributed by atoms with E-state index in [4.69, 9.17) is 16.3 Å². The second kappa shape index (κ2) is 8.56. The normalized spacial score (nSPS) is 11.7. The first-order chi connectivity index (χ1) is 15.1. The van der Waals surface area contributed by atoms with Gasteiger partial charge in [-0.3, -0.25) is 0 Å². The number of thiazole rings is 1. The summed E-state index contributed by atoms with van der Waals surface area (Å²) in [4.78, 5) is 22.5. The average Bonchev–Trinajstić information content (AvgIpc) is 3.36. The van der Waals surface area contributed by atoms with Crippen LogP contribution < -0.4 is 4.90 Å². The maximum absolute atomic E-state index is 13.3. The Balaban J connectivity index is 1.68. The number of amides is 1. The molecular formula is C24H23ClFN3O2S. The average molecular weight is 472 g/mol. The fourth-order valence-corrected chi connectivity index (χ4v) is 4.26. The van der Waals surface area contributed by atoms with E-state index in [2.05, 4.69) is 9.97 Å². The Morgan fingerprint density at radius 1 is 1.22 bits per heavy atom. The van der Waals surface area contributed by atoms with E-state index >= 15 is 0 Å². The van der Waals surface area contributed by atoms with Crippen LogP contribution >= 0.6 is 22.9 Å². The van der Waals surface area contributed by atoms with E-state index in [1.807, 2.05) is 51.3 Å². The zero-order valence-corrected chi connectivity index (χ0v) is 19.8. The van der Waals surface area contributed by atoms with Crippen LogP contribution in [0.5, 0.6) is 0 Å². The van der Waals surface area contributed by atoms with Gasteiger partial charge in [0.1, 0.15) is 11.4 Å². The van der Waals surface area contributed by atoms with Crippen molar-refractivity contribution in [3.8, 4) is 11.4 Å². The first-order valence-electron chi connectivity index (χ1n) is 10.1. The number of carbonyl (C=O) groups is 1. The smallest absolute Gasteiger partial charge is 0.416 e. The van der Waals surface area contributed by atoms with Gasteiger partial charge in [-0.1, -0.05) is 29.8 Å². The van der Waals surface area contributed by atoms with Gasteiger partial charge in [-0.2, -0.15) is 0 Å². The van der Waals surface area contributed by atoms with E-state index in [1.54, 1.807) is 12.1 Å². The van der Waals surface area contributed by atoms with Gasteiger partial charge >= 0.3 is 6.09 Å². The van der Waals surface area contributed by atoms with Crippen LogP contribution in [0.15, 0.2) is 47.8 Å². The highest BCUT2D eigenvalue weighted by Gasteiger charge is 2.26. The van der Waals surface area contributed by atoms with Crippen molar-refractivity contribution in [3.05, 3.63) is 69.8 Å². The molecule has 1 N–H and O–H groups in total. The lowest BCUT2D eigenvalue weighted by Crippen LogP contribution is -2.36. The third kappa shape index (κ3) is 4.79. The molecule has 0 aliphatic rings. The maximum Gasteiger partial charge on any atom is 0.416 e. The van der Waals surface area contributed by atoms with Crippen molar-refractivity contribution in [3.63, 3.8) is 0 Å². The van der Waals surface area contributed by atoms with E-state index in [-0.39, 0.29) is 12.4 Å². The number of hydrogen-bond donors (Lipinski definition) is 1. The molecule has 4 rings (SSSR count). The largest absolute Gasteiger partial charge is 0.443 e. The van der Waals surface area contributed by atoms with Crippen molar-refractivity contribution in [2.24, 2.45) is 0 Å². The number of carbonyl (C=O) groups excluding carboxylic acids is 1. The summed E-state index contributed by atoms with van der Waals surface area (Å²) in [6, 6.07) is 11.9. The summed E-state index contributed by atoms with van der Waals surface area (Å²) in [5.74, 6) is -0.332. The number of nitrogens with zero attached hydrogens (tertiary/aromatic N) is 2. The lowest BCUT2D eigenvalue weighted by molar-refractivity contribution is 0.0577. The van der Waals surface area contributed by atoms with E-state index in [1.165, 1.54) is 28.4 Å². The van der Waals surface area contributed by atoms with Gasteiger partial charge in [0.15, 0.2) is 5.13 Å². The fourth-order valence-electron chi connectivity index (χ4n) is 3.23. The van der Waals surface area contributed by atoms with Crippen molar-refractivity contribution in [2.45, 2.75) is 39.8 Å². The van der Waals surface area contributed by atoms with Gasteiger partial charge in [-0.15, -0.1) is 11.3 Å². The molecule has 2 aromatic heterocycles. The van der Waals surface area contributed by atoms with Gasteiger partial charge in [0.2, 0.25) is 0 Å². The number of H-pyrrole nitrogens is 1. The summed E-state index contributed by atoms with van der Waals surface area (Å²) in [6.45, 7) is 7.60. The van der Waals surface area contributed by atoms with E-state index in [0.29, 0.717) is 15.8 Å². The fraction of sp³-hybridized carbons (Fsp3) is 0.250. The second-order valence-corrected chi connectivity index (χ2v) is 9.76. The molecule has 0 unspecified atom stereocenters. The van der Waals surface area contributed by atoms with Crippen molar-refractivity contribution >= 4 is 45.1 Å². The van der Waals surface area contributed by atoms with Crippen LogP contribution in [0.3, 0.4) is 0 Å². The Hall–Kier alpha value is -2.90. The number of fused-ring (bicyclic) bond motifs is 1. The zero-order chi connectivity index (χ0) is 23.0. The van der Waals surface area contributed by atoms with Crippen LogP contribution in [0.1, 0.15) is 31.9 Å². The predicted octanol–water partition coefficient (Wildman–Crippen LogP) is 7.33. The minimum atomic E-state index is -0.663. The molecule has 8 heteroatoms. The van der Waals surface area contributed by atoms with Crippen LogP contribution in [0.2, 0.25) is 5.02 Å². The van der Waals surface area contributed by atoms with E-state index < -0.39 is 11.7 Å². The number of rotatable bonds is 4. The first-order valence-corrected chi connectivity index (χ1v) is 11.4. The van der Waals surface area contributed by atoms with Crippen LogP contribution in [0.25, 0.3) is 22.3 Å². The van der Waals surface area contributed by atoms with Gasteiger partial charge in [0, 0.05) is 16.3 Å². The molecular weight excluding hydrogens is 449 g/mol. The number of nitrogens with one attached hydrogen (secondary N) is 1. The van der Waals surface area contributed by atoms with Crippen molar-refractivity contribution in [1.82, 2.24) is 9.97 Å². The Kier molecular flexibility index (Phi) is 5.97. The molecule has 0 fully saturated rings.